The van der Waals surface area contributed by atoms with Gasteiger partial charge < -0.3 is 15.1 Å². The van der Waals surface area contributed by atoms with Crippen LogP contribution in [0.2, 0.25) is 0 Å². The Labute approximate surface area is 168 Å². The summed E-state index contributed by atoms with van der Waals surface area (Å²) in [5.41, 5.74) is 0.865. The lowest BCUT2D eigenvalue weighted by atomic mass is 10.0. The summed E-state index contributed by atoms with van der Waals surface area (Å²) in [5, 5.41) is 7.72. The number of hydrogen-bond donors (Lipinski definition) is 1. The number of carbonyl (C=O) groups excluding carboxylic acids is 1. The molecule has 0 aromatic carbocycles. The number of rotatable bonds is 6. The Balaban J connectivity index is 1.53. The van der Waals surface area contributed by atoms with E-state index in [1.54, 1.807) is 17.9 Å². The number of piperazine rings is 1. The molecule has 2 aliphatic rings. The summed E-state index contributed by atoms with van der Waals surface area (Å²) in [6.07, 6.45) is 9.97. The molecular weight excluding hydrogens is 354 g/mol. The highest BCUT2D eigenvalue weighted by molar-refractivity contribution is 5.98. The number of piperidine rings is 1. The Morgan fingerprint density at radius 3 is 2.86 bits per heavy atom. The Morgan fingerprint density at radius 1 is 1.32 bits per heavy atom. The molecule has 156 valence electrons. The number of carbonyl (C=O) groups is 1. The molecule has 1 atom stereocenters. The maximum absolute atomic E-state index is 12.7. The molecule has 0 spiro atoms. The molecule has 28 heavy (non-hydrogen) atoms. The first kappa shape index (κ1) is 20.6. The highest BCUT2D eigenvalue weighted by Crippen LogP contribution is 2.18. The second kappa shape index (κ2) is 9.91. The zero-order chi connectivity index (χ0) is 19.9. The number of anilines is 1. The second-order valence-electron chi connectivity index (χ2n) is 7.81. The first-order valence-electron chi connectivity index (χ1n) is 10.6. The topological polar surface area (TPSA) is 69.0 Å². The van der Waals surface area contributed by atoms with Crippen LogP contribution in [0.3, 0.4) is 0 Å². The van der Waals surface area contributed by atoms with Gasteiger partial charge in [0, 0.05) is 46.0 Å². The van der Waals surface area contributed by atoms with E-state index in [-0.39, 0.29) is 5.91 Å². The lowest BCUT2D eigenvalue weighted by molar-refractivity contribution is -0.120. The maximum atomic E-state index is 12.7. The van der Waals surface area contributed by atoms with E-state index in [1.165, 1.54) is 45.2 Å². The number of nitrogens with one attached hydrogen (secondary N) is 1. The van der Waals surface area contributed by atoms with Gasteiger partial charge in [0.2, 0.25) is 5.91 Å². The summed E-state index contributed by atoms with van der Waals surface area (Å²) in [5.74, 6) is 0.921. The zero-order valence-corrected chi connectivity index (χ0v) is 17.6. The quantitative estimate of drug-likeness (QED) is 0.587. The van der Waals surface area contributed by atoms with Gasteiger partial charge in [0.25, 0.3) is 0 Å². The molecule has 1 unspecified atom stereocenters. The van der Waals surface area contributed by atoms with Crippen LogP contribution in [0.25, 0.3) is 0 Å². The van der Waals surface area contributed by atoms with Crippen molar-refractivity contribution in [2.75, 3.05) is 51.2 Å². The van der Waals surface area contributed by atoms with Crippen LogP contribution in [-0.2, 0) is 11.8 Å². The molecule has 0 saturated carbocycles. The third-order valence-corrected chi connectivity index (χ3v) is 5.78. The Hall–Kier alpha value is -2.09. The van der Waals surface area contributed by atoms with Gasteiger partial charge in [-0.25, -0.2) is 0 Å². The van der Waals surface area contributed by atoms with E-state index in [0.29, 0.717) is 19.1 Å². The van der Waals surface area contributed by atoms with Gasteiger partial charge in [-0.3, -0.25) is 19.4 Å². The number of likely N-dealkylation sites (tertiary alicyclic amines) is 1. The van der Waals surface area contributed by atoms with E-state index in [1.807, 2.05) is 18.1 Å². The fourth-order valence-electron chi connectivity index (χ4n) is 4.16. The van der Waals surface area contributed by atoms with Gasteiger partial charge in [-0.15, -0.1) is 0 Å². The van der Waals surface area contributed by atoms with Crippen LogP contribution < -0.4 is 10.2 Å². The van der Waals surface area contributed by atoms with Gasteiger partial charge in [0.1, 0.15) is 6.54 Å². The van der Waals surface area contributed by atoms with Crippen molar-refractivity contribution in [1.82, 2.24) is 24.9 Å². The Kier molecular flexibility index (Phi) is 7.30. The fraction of sp³-hybridized carbons (Fsp3) is 0.750. The minimum Gasteiger partial charge on any atom is -0.355 e. The first-order chi connectivity index (χ1) is 13.6. The molecule has 1 aromatic heterocycles. The zero-order valence-electron chi connectivity index (χ0n) is 17.6. The van der Waals surface area contributed by atoms with Crippen molar-refractivity contribution in [3.05, 3.63) is 12.4 Å². The molecule has 8 heteroatoms. The number of guanidine groups is 1. The van der Waals surface area contributed by atoms with Crippen LogP contribution in [0.5, 0.6) is 0 Å². The molecule has 3 heterocycles. The lowest BCUT2D eigenvalue weighted by Gasteiger charge is -2.38. The lowest BCUT2D eigenvalue weighted by Crippen LogP contribution is -2.57. The molecule has 0 aliphatic carbocycles. The molecule has 2 saturated heterocycles. The standard InChI is InChI=1S/C20H35N7O/c1-4-5-9-25-10-7-6-8-17(25)13-22-20(21-2)26-11-12-27(19(28)16-26)18-14-23-24(3)15-18/h14-15,17H,4-13,16H2,1-3H3,(H,21,22). The SMILES string of the molecule is CCCCN1CCCCC1CNC(=NC)N1CCN(c2cnn(C)c2)C(=O)C1. The van der Waals surface area contributed by atoms with Gasteiger partial charge >= 0.3 is 0 Å². The second-order valence-corrected chi connectivity index (χ2v) is 7.81. The van der Waals surface area contributed by atoms with Gasteiger partial charge in [-0.05, 0) is 32.4 Å². The molecule has 1 aromatic rings. The van der Waals surface area contributed by atoms with Crippen molar-refractivity contribution in [3.8, 4) is 0 Å². The molecule has 2 fully saturated rings. The Morgan fingerprint density at radius 2 is 2.18 bits per heavy atom. The maximum Gasteiger partial charge on any atom is 0.246 e. The third-order valence-electron chi connectivity index (χ3n) is 5.78. The minimum absolute atomic E-state index is 0.0874. The number of amides is 1. The monoisotopic (exact) mass is 389 g/mol. The molecule has 8 nitrogen and oxygen atoms in total. The first-order valence-corrected chi connectivity index (χ1v) is 10.6. The minimum atomic E-state index is 0.0874. The summed E-state index contributed by atoms with van der Waals surface area (Å²) >= 11 is 0. The molecular formula is C20H35N7O. The number of aromatic nitrogens is 2. The largest absolute Gasteiger partial charge is 0.355 e. The van der Waals surface area contributed by atoms with Crippen molar-refractivity contribution < 1.29 is 4.79 Å². The Bertz CT molecular complexity index is 671. The van der Waals surface area contributed by atoms with Gasteiger partial charge in [-0.2, -0.15) is 5.10 Å². The number of unbranched alkanes of at least 4 members (excludes halogenated alkanes) is 1. The van der Waals surface area contributed by atoms with Crippen molar-refractivity contribution >= 4 is 17.6 Å². The van der Waals surface area contributed by atoms with Crippen LogP contribution in [0, 0.1) is 0 Å². The predicted octanol–water partition coefficient (Wildman–Crippen LogP) is 1.30. The van der Waals surface area contributed by atoms with Crippen molar-refractivity contribution in [2.45, 2.75) is 45.1 Å². The average Bonchev–Trinajstić information content (AvgIpc) is 3.13. The van der Waals surface area contributed by atoms with E-state index < -0.39 is 0 Å². The normalized spacial score (nSPS) is 22.0. The van der Waals surface area contributed by atoms with Crippen LogP contribution in [0.4, 0.5) is 5.69 Å². The van der Waals surface area contributed by atoms with Crippen molar-refractivity contribution in [3.63, 3.8) is 0 Å². The van der Waals surface area contributed by atoms with E-state index in [2.05, 4.69) is 32.1 Å². The fourth-order valence-corrected chi connectivity index (χ4v) is 4.16. The van der Waals surface area contributed by atoms with Crippen molar-refractivity contribution in [2.24, 2.45) is 12.0 Å². The summed E-state index contributed by atoms with van der Waals surface area (Å²) in [7, 11) is 3.67. The highest BCUT2D eigenvalue weighted by Gasteiger charge is 2.28. The van der Waals surface area contributed by atoms with Gasteiger partial charge in [0.05, 0.1) is 11.9 Å². The molecule has 0 bridgehead atoms. The van der Waals surface area contributed by atoms with Crippen LogP contribution in [0.1, 0.15) is 39.0 Å². The molecule has 1 N–H and O–H groups in total. The van der Waals surface area contributed by atoms with Crippen LogP contribution >= 0.6 is 0 Å². The average molecular weight is 390 g/mol. The number of aliphatic imine (C=N–C) groups is 1. The third kappa shape index (κ3) is 5.04. The molecule has 2 aliphatic heterocycles. The van der Waals surface area contributed by atoms with Gasteiger partial charge in [-0.1, -0.05) is 19.8 Å². The van der Waals surface area contributed by atoms with E-state index >= 15 is 0 Å². The molecule has 1 amide bonds. The number of hydrogen-bond acceptors (Lipinski definition) is 4. The number of aryl methyl sites for hydroxylation is 1. The van der Waals surface area contributed by atoms with E-state index in [0.717, 1.165) is 24.7 Å². The number of nitrogens with zero attached hydrogens (tertiary/aromatic N) is 6. The summed E-state index contributed by atoms with van der Waals surface area (Å²) in [6.45, 7) is 7.30. The van der Waals surface area contributed by atoms with Crippen LogP contribution in [0.15, 0.2) is 17.4 Å². The molecule has 3 rings (SSSR count). The van der Waals surface area contributed by atoms with E-state index in [4.69, 9.17) is 0 Å². The summed E-state index contributed by atoms with van der Waals surface area (Å²) in [4.78, 5) is 23.6. The van der Waals surface area contributed by atoms with E-state index in [9.17, 15) is 4.79 Å². The molecule has 0 radical (unpaired) electrons. The summed E-state index contributed by atoms with van der Waals surface area (Å²) in [6, 6.07) is 0.560. The van der Waals surface area contributed by atoms with Gasteiger partial charge in [0.15, 0.2) is 5.96 Å². The summed E-state index contributed by atoms with van der Waals surface area (Å²) < 4.78 is 1.73. The highest BCUT2D eigenvalue weighted by atomic mass is 16.2. The predicted molar refractivity (Wildman–Crippen MR) is 113 cm³/mol. The van der Waals surface area contributed by atoms with Crippen LogP contribution in [-0.4, -0.2) is 83.8 Å². The van der Waals surface area contributed by atoms with Crippen molar-refractivity contribution in [1.29, 1.82) is 0 Å². The smallest absolute Gasteiger partial charge is 0.246 e.